The van der Waals surface area contributed by atoms with Crippen LogP contribution in [0.25, 0.3) is 0 Å². The second kappa shape index (κ2) is 7.20. The standard InChI is InChI=1S/C13H16N2O6S2/c1-22-5-4-9(13(17)18)15-23(19,20)8-2-3-11-10(6-8)14-12(16)7-21-11/h2-3,6,9,15H,4-5,7H2,1H3,(H,14,16)(H,17,18)/t9-/m1/s1. The molecule has 0 saturated heterocycles. The quantitative estimate of drug-likeness (QED) is 0.647. The molecular formula is C13H16N2O6S2. The summed E-state index contributed by atoms with van der Waals surface area (Å²) < 4.78 is 32.0. The third-order valence-electron chi connectivity index (χ3n) is 3.10. The van der Waals surface area contributed by atoms with Crippen LogP contribution >= 0.6 is 11.8 Å². The number of carbonyl (C=O) groups is 2. The second-order valence-electron chi connectivity index (χ2n) is 4.79. The Morgan fingerprint density at radius 1 is 1.52 bits per heavy atom. The molecule has 1 aromatic carbocycles. The first-order valence-electron chi connectivity index (χ1n) is 6.64. The van der Waals surface area contributed by atoms with Crippen molar-refractivity contribution in [2.75, 3.05) is 23.9 Å². The van der Waals surface area contributed by atoms with Crippen LogP contribution in [-0.2, 0) is 19.6 Å². The van der Waals surface area contributed by atoms with E-state index < -0.39 is 22.0 Å². The fraction of sp³-hybridized carbons (Fsp3) is 0.385. The van der Waals surface area contributed by atoms with E-state index in [0.717, 1.165) is 0 Å². The van der Waals surface area contributed by atoms with Crippen LogP contribution in [0.3, 0.4) is 0 Å². The molecular weight excluding hydrogens is 344 g/mol. The number of benzene rings is 1. The SMILES string of the molecule is CSCC[C@@H](NS(=O)(=O)c1ccc2c(c1)NC(=O)CO2)C(=O)O. The van der Waals surface area contributed by atoms with Gasteiger partial charge < -0.3 is 15.2 Å². The molecule has 1 aromatic rings. The van der Waals surface area contributed by atoms with Gasteiger partial charge in [-0.05, 0) is 36.6 Å². The molecule has 2 rings (SSSR count). The second-order valence-corrected chi connectivity index (χ2v) is 7.49. The van der Waals surface area contributed by atoms with Crippen molar-refractivity contribution in [3.05, 3.63) is 18.2 Å². The van der Waals surface area contributed by atoms with Crippen molar-refractivity contribution in [2.24, 2.45) is 0 Å². The van der Waals surface area contributed by atoms with Crippen LogP contribution in [0.4, 0.5) is 5.69 Å². The van der Waals surface area contributed by atoms with Crippen molar-refractivity contribution in [2.45, 2.75) is 17.4 Å². The van der Waals surface area contributed by atoms with Gasteiger partial charge in [0, 0.05) is 0 Å². The molecule has 0 radical (unpaired) electrons. The van der Waals surface area contributed by atoms with Gasteiger partial charge in [-0.25, -0.2) is 8.42 Å². The van der Waals surface area contributed by atoms with Crippen molar-refractivity contribution in [1.82, 2.24) is 4.72 Å². The van der Waals surface area contributed by atoms with Gasteiger partial charge in [-0.1, -0.05) is 0 Å². The molecule has 1 heterocycles. The zero-order valence-electron chi connectivity index (χ0n) is 12.2. The number of carboxylic acids is 1. The molecule has 0 saturated carbocycles. The first kappa shape index (κ1) is 17.6. The maximum Gasteiger partial charge on any atom is 0.321 e. The normalized spacial score (nSPS) is 15.3. The van der Waals surface area contributed by atoms with Crippen LogP contribution in [0.5, 0.6) is 5.75 Å². The minimum Gasteiger partial charge on any atom is -0.482 e. The molecule has 0 aromatic heterocycles. The van der Waals surface area contributed by atoms with Crippen molar-refractivity contribution < 1.29 is 27.9 Å². The Kier molecular flexibility index (Phi) is 5.50. The maximum atomic E-state index is 12.3. The summed E-state index contributed by atoms with van der Waals surface area (Å²) in [6.07, 6.45) is 1.97. The monoisotopic (exact) mass is 360 g/mol. The first-order valence-corrected chi connectivity index (χ1v) is 9.52. The highest BCUT2D eigenvalue weighted by molar-refractivity contribution is 7.98. The number of thioether (sulfide) groups is 1. The highest BCUT2D eigenvalue weighted by Gasteiger charge is 2.26. The smallest absolute Gasteiger partial charge is 0.321 e. The number of ether oxygens (including phenoxy) is 1. The molecule has 126 valence electrons. The van der Waals surface area contributed by atoms with E-state index in [2.05, 4.69) is 10.0 Å². The van der Waals surface area contributed by atoms with E-state index in [4.69, 9.17) is 9.84 Å². The molecule has 1 aliphatic heterocycles. The predicted molar refractivity (Wildman–Crippen MR) is 85.3 cm³/mol. The molecule has 8 nitrogen and oxygen atoms in total. The van der Waals surface area contributed by atoms with Crippen LogP contribution in [0.1, 0.15) is 6.42 Å². The highest BCUT2D eigenvalue weighted by Crippen LogP contribution is 2.30. The maximum absolute atomic E-state index is 12.3. The molecule has 0 spiro atoms. The zero-order valence-corrected chi connectivity index (χ0v) is 13.9. The Hall–Kier alpha value is -1.78. The minimum absolute atomic E-state index is 0.132. The van der Waals surface area contributed by atoms with E-state index in [1.54, 1.807) is 6.26 Å². The van der Waals surface area contributed by atoms with Gasteiger partial charge in [0.15, 0.2) is 6.61 Å². The number of hydrogen-bond donors (Lipinski definition) is 3. The van der Waals surface area contributed by atoms with E-state index >= 15 is 0 Å². The van der Waals surface area contributed by atoms with Crippen molar-refractivity contribution in [3.8, 4) is 5.75 Å². The number of rotatable bonds is 7. The van der Waals surface area contributed by atoms with Crippen molar-refractivity contribution in [1.29, 1.82) is 0 Å². The lowest BCUT2D eigenvalue weighted by Crippen LogP contribution is -2.41. The van der Waals surface area contributed by atoms with Crippen LogP contribution in [0.2, 0.25) is 0 Å². The number of nitrogens with one attached hydrogen (secondary N) is 2. The lowest BCUT2D eigenvalue weighted by Gasteiger charge is -2.19. The minimum atomic E-state index is -4.03. The third-order valence-corrected chi connectivity index (χ3v) is 5.21. The van der Waals surface area contributed by atoms with E-state index in [9.17, 15) is 18.0 Å². The van der Waals surface area contributed by atoms with Gasteiger partial charge in [0.25, 0.3) is 5.91 Å². The first-order chi connectivity index (χ1) is 10.8. The summed E-state index contributed by atoms with van der Waals surface area (Å²) in [4.78, 5) is 22.3. The summed E-state index contributed by atoms with van der Waals surface area (Å²) in [5.74, 6) is -0.755. The van der Waals surface area contributed by atoms with Crippen molar-refractivity contribution >= 4 is 39.3 Å². The van der Waals surface area contributed by atoms with Crippen LogP contribution in [-0.4, -0.2) is 50.1 Å². The number of carboxylic acid groups (broad SMARTS) is 1. The number of carbonyl (C=O) groups excluding carboxylic acids is 1. The van der Waals surface area contributed by atoms with Gasteiger partial charge in [-0.2, -0.15) is 16.5 Å². The highest BCUT2D eigenvalue weighted by atomic mass is 32.2. The Morgan fingerprint density at radius 3 is 2.91 bits per heavy atom. The number of hydrogen-bond acceptors (Lipinski definition) is 6. The van der Waals surface area contributed by atoms with E-state index in [1.807, 2.05) is 0 Å². The molecule has 0 unspecified atom stereocenters. The Labute approximate surface area is 137 Å². The number of sulfonamides is 1. The molecule has 0 bridgehead atoms. The number of fused-ring (bicyclic) bond motifs is 1. The van der Waals surface area contributed by atoms with Crippen LogP contribution < -0.4 is 14.8 Å². The van der Waals surface area contributed by atoms with Gasteiger partial charge in [-0.15, -0.1) is 0 Å². The largest absolute Gasteiger partial charge is 0.482 e. The molecule has 0 fully saturated rings. The molecule has 3 N–H and O–H groups in total. The lowest BCUT2D eigenvalue weighted by molar-refractivity contribution is -0.139. The average molecular weight is 360 g/mol. The summed E-state index contributed by atoms with van der Waals surface area (Å²) >= 11 is 1.43. The van der Waals surface area contributed by atoms with E-state index in [-0.39, 0.29) is 29.5 Å². The molecule has 23 heavy (non-hydrogen) atoms. The Balaban J connectivity index is 2.23. The molecule has 10 heteroatoms. The van der Waals surface area contributed by atoms with E-state index in [0.29, 0.717) is 11.5 Å². The third kappa shape index (κ3) is 4.36. The Morgan fingerprint density at radius 2 is 2.26 bits per heavy atom. The summed E-state index contributed by atoms with van der Waals surface area (Å²) in [6.45, 7) is -0.132. The fourth-order valence-corrected chi connectivity index (χ4v) is 3.67. The lowest BCUT2D eigenvalue weighted by atomic mass is 10.2. The molecule has 1 atom stereocenters. The Bertz CT molecular complexity index is 719. The summed E-state index contributed by atoms with van der Waals surface area (Å²) in [7, 11) is -4.03. The molecule has 1 amide bonds. The van der Waals surface area contributed by atoms with Crippen molar-refractivity contribution in [3.63, 3.8) is 0 Å². The van der Waals surface area contributed by atoms with Gasteiger partial charge in [0.1, 0.15) is 11.8 Å². The molecule has 0 aliphatic carbocycles. The summed E-state index contributed by atoms with van der Waals surface area (Å²) in [6, 6.07) is 2.74. The topological polar surface area (TPSA) is 122 Å². The van der Waals surface area contributed by atoms with Gasteiger partial charge in [-0.3, -0.25) is 9.59 Å². The van der Waals surface area contributed by atoms with Gasteiger partial charge in [0.05, 0.1) is 10.6 Å². The number of amides is 1. The zero-order chi connectivity index (χ0) is 17.0. The van der Waals surface area contributed by atoms with Gasteiger partial charge >= 0.3 is 5.97 Å². The predicted octanol–water partition coefficient (Wildman–Crippen LogP) is 0.502. The summed E-state index contributed by atoms with van der Waals surface area (Å²) in [5.41, 5.74) is 0.236. The van der Waals surface area contributed by atoms with E-state index in [1.165, 1.54) is 30.0 Å². The summed E-state index contributed by atoms with van der Waals surface area (Å²) in [5, 5.41) is 11.6. The van der Waals surface area contributed by atoms with Crippen LogP contribution in [0, 0.1) is 0 Å². The van der Waals surface area contributed by atoms with Gasteiger partial charge in [0.2, 0.25) is 10.0 Å². The fourth-order valence-electron chi connectivity index (χ4n) is 1.95. The molecule has 1 aliphatic rings. The number of aliphatic carboxylic acids is 1. The van der Waals surface area contributed by atoms with Crippen LogP contribution in [0.15, 0.2) is 23.1 Å². The average Bonchev–Trinajstić information content (AvgIpc) is 2.50. The number of anilines is 1.